The molecule has 0 radical (unpaired) electrons. The van der Waals surface area contributed by atoms with Gasteiger partial charge in [-0.25, -0.2) is 4.79 Å². The molecule has 0 bridgehead atoms. The Labute approximate surface area is 241 Å². The summed E-state index contributed by atoms with van der Waals surface area (Å²) in [5.74, 6) is -1.33. The Bertz CT molecular complexity index is 1430. The fourth-order valence-corrected chi connectivity index (χ4v) is 5.37. The zero-order valence-electron chi connectivity index (χ0n) is 19.4. The maximum atomic E-state index is 12.9. The summed E-state index contributed by atoms with van der Waals surface area (Å²) in [6.07, 6.45) is 0. The number of carbonyl (C=O) groups excluding carboxylic acids is 2. The molecule has 0 aromatic heterocycles. The molecule has 1 unspecified atom stereocenters. The fourth-order valence-electron chi connectivity index (χ4n) is 3.48. The molecule has 0 saturated heterocycles. The highest BCUT2D eigenvalue weighted by molar-refractivity contribution is 8.00. The Morgan fingerprint density at radius 1 is 0.816 bits per heavy atom. The van der Waals surface area contributed by atoms with Gasteiger partial charge in [0.2, 0.25) is 5.91 Å². The van der Waals surface area contributed by atoms with Crippen molar-refractivity contribution in [2.24, 2.45) is 0 Å². The van der Waals surface area contributed by atoms with E-state index in [9.17, 15) is 19.5 Å². The molecule has 3 aromatic carbocycles. The van der Waals surface area contributed by atoms with E-state index >= 15 is 0 Å². The van der Waals surface area contributed by atoms with Gasteiger partial charge < -0.3 is 25.2 Å². The number of carboxylic acid groups (broad SMARTS) is 1. The molecule has 13 heteroatoms. The molecule has 1 aliphatic rings. The lowest BCUT2D eigenvalue weighted by Gasteiger charge is -2.19. The summed E-state index contributed by atoms with van der Waals surface area (Å²) in [4.78, 5) is 38.1. The third kappa shape index (κ3) is 6.08. The molecular weight excluding hydrogens is 598 g/mol. The van der Waals surface area contributed by atoms with Crippen molar-refractivity contribution in [1.82, 2.24) is 0 Å². The lowest BCUT2D eigenvalue weighted by atomic mass is 10.1. The largest absolute Gasteiger partial charge is 0.486 e. The van der Waals surface area contributed by atoms with Crippen LogP contribution in [0.25, 0.3) is 0 Å². The average Bonchev–Trinajstić information content (AvgIpc) is 2.90. The van der Waals surface area contributed by atoms with Gasteiger partial charge in [-0.3, -0.25) is 9.59 Å². The number of hydrogen-bond acceptors (Lipinski definition) is 6. The Kier molecular flexibility index (Phi) is 8.85. The van der Waals surface area contributed by atoms with E-state index in [0.717, 1.165) is 4.90 Å². The number of benzene rings is 3. The monoisotopic (exact) mass is 614 g/mol. The summed E-state index contributed by atoms with van der Waals surface area (Å²) in [6, 6.07) is 11.8. The van der Waals surface area contributed by atoms with Crippen molar-refractivity contribution in [3.05, 3.63) is 73.7 Å². The normalized spacial score (nSPS) is 13.0. The van der Waals surface area contributed by atoms with Crippen molar-refractivity contribution in [3.63, 3.8) is 0 Å². The lowest BCUT2D eigenvalue weighted by Crippen LogP contribution is -2.22. The molecule has 1 aliphatic heterocycles. The summed E-state index contributed by atoms with van der Waals surface area (Å²) in [5, 5.41) is 13.3. The van der Waals surface area contributed by atoms with Crippen molar-refractivity contribution in [3.8, 4) is 11.5 Å². The molecule has 0 saturated carbocycles. The van der Waals surface area contributed by atoms with Gasteiger partial charge in [0.15, 0.2) is 11.5 Å². The molecule has 198 valence electrons. The van der Waals surface area contributed by atoms with Gasteiger partial charge >= 0.3 is 5.97 Å². The predicted molar refractivity (Wildman–Crippen MR) is 149 cm³/mol. The minimum absolute atomic E-state index is 0.212. The second kappa shape index (κ2) is 11.9. The van der Waals surface area contributed by atoms with E-state index in [-0.39, 0.29) is 21.0 Å². The number of aromatic carboxylic acids is 1. The zero-order valence-corrected chi connectivity index (χ0v) is 23.3. The van der Waals surface area contributed by atoms with Crippen LogP contribution in [0.4, 0.5) is 11.4 Å². The van der Waals surface area contributed by atoms with Gasteiger partial charge in [0.05, 0.1) is 36.5 Å². The number of thioether (sulfide) groups is 1. The van der Waals surface area contributed by atoms with Gasteiger partial charge in [-0.15, -0.1) is 11.8 Å². The Hall–Kier alpha value is -2.82. The van der Waals surface area contributed by atoms with E-state index in [1.165, 1.54) is 11.8 Å². The molecule has 8 nitrogen and oxygen atoms in total. The molecule has 38 heavy (non-hydrogen) atoms. The summed E-state index contributed by atoms with van der Waals surface area (Å²) >= 11 is 25.4. The van der Waals surface area contributed by atoms with Crippen LogP contribution in [0.5, 0.6) is 11.5 Å². The fraction of sp³-hybridized carbons (Fsp3) is 0.160. The molecule has 3 N–H and O–H groups in total. The second-order valence-corrected chi connectivity index (χ2v) is 10.8. The van der Waals surface area contributed by atoms with E-state index in [2.05, 4.69) is 10.6 Å². The van der Waals surface area contributed by atoms with Gasteiger partial charge in [0, 0.05) is 22.3 Å². The number of amides is 2. The Morgan fingerprint density at radius 2 is 1.39 bits per heavy atom. The first-order chi connectivity index (χ1) is 18.1. The molecule has 0 spiro atoms. The topological polar surface area (TPSA) is 114 Å². The van der Waals surface area contributed by atoms with Gasteiger partial charge in [-0.1, -0.05) is 46.4 Å². The van der Waals surface area contributed by atoms with Gasteiger partial charge in [0.1, 0.15) is 13.2 Å². The number of ether oxygens (including phenoxy) is 2. The van der Waals surface area contributed by atoms with Gasteiger partial charge in [0.25, 0.3) is 5.91 Å². The second-order valence-electron chi connectivity index (χ2n) is 7.90. The lowest BCUT2D eigenvalue weighted by molar-refractivity contribution is -0.115. The summed E-state index contributed by atoms with van der Waals surface area (Å²) in [7, 11) is 0. The van der Waals surface area contributed by atoms with E-state index in [0.29, 0.717) is 36.1 Å². The van der Waals surface area contributed by atoms with Crippen LogP contribution in [0.3, 0.4) is 0 Å². The highest BCUT2D eigenvalue weighted by Crippen LogP contribution is 2.42. The zero-order chi connectivity index (χ0) is 27.6. The van der Waals surface area contributed by atoms with Crippen LogP contribution >= 0.6 is 58.2 Å². The predicted octanol–water partition coefficient (Wildman–Crippen LogP) is 7.14. The van der Waals surface area contributed by atoms with Crippen molar-refractivity contribution in [2.75, 3.05) is 23.8 Å². The maximum absolute atomic E-state index is 12.9. The third-order valence-electron chi connectivity index (χ3n) is 5.31. The minimum Gasteiger partial charge on any atom is -0.486 e. The van der Waals surface area contributed by atoms with Crippen LogP contribution < -0.4 is 20.1 Å². The molecule has 1 atom stereocenters. The van der Waals surface area contributed by atoms with Crippen molar-refractivity contribution < 1.29 is 29.0 Å². The summed E-state index contributed by atoms with van der Waals surface area (Å²) < 4.78 is 11.0. The molecule has 3 aromatic rings. The van der Waals surface area contributed by atoms with Crippen LogP contribution in [0, 0.1) is 0 Å². The van der Waals surface area contributed by atoms with E-state index in [1.54, 1.807) is 49.4 Å². The number of carboxylic acids is 1. The smallest absolute Gasteiger partial charge is 0.338 e. The Balaban J connectivity index is 1.42. The molecule has 0 aliphatic carbocycles. The number of rotatable bonds is 7. The minimum atomic E-state index is -1.49. The quantitative estimate of drug-likeness (QED) is 0.147. The van der Waals surface area contributed by atoms with Crippen LogP contribution in [0.2, 0.25) is 20.1 Å². The third-order valence-corrected chi connectivity index (χ3v) is 8.23. The molecule has 1 heterocycles. The van der Waals surface area contributed by atoms with Crippen LogP contribution in [-0.4, -0.2) is 41.4 Å². The first kappa shape index (κ1) is 28.2. The summed E-state index contributed by atoms with van der Waals surface area (Å²) in [5.41, 5.74) is -0.0380. The number of fused-ring (bicyclic) bond motifs is 1. The standard InChI is InChI=1S/C25H18Cl4N2O6S/c1-11(23(32)31-13-4-7-15-16(10-13)37-9-8-36-15)38-14-5-2-12(3-6-14)30-24(33)17-18(25(34)35)20(27)22(29)21(28)19(17)26/h2-7,10-11H,8-9H2,1H3,(H,30,33)(H,31,32)(H,34,35). The molecule has 0 fully saturated rings. The highest BCUT2D eigenvalue weighted by Gasteiger charge is 2.29. The van der Waals surface area contributed by atoms with Crippen molar-refractivity contribution in [2.45, 2.75) is 17.1 Å². The molecular formula is C25H18Cl4N2O6S. The van der Waals surface area contributed by atoms with Crippen molar-refractivity contribution in [1.29, 1.82) is 0 Å². The average molecular weight is 616 g/mol. The molecule has 4 rings (SSSR count). The first-order valence-corrected chi connectivity index (χ1v) is 13.3. The van der Waals surface area contributed by atoms with Crippen LogP contribution in [-0.2, 0) is 4.79 Å². The van der Waals surface area contributed by atoms with Crippen LogP contribution in [0.15, 0.2) is 47.4 Å². The number of anilines is 2. The summed E-state index contributed by atoms with van der Waals surface area (Å²) in [6.45, 7) is 2.69. The van der Waals surface area contributed by atoms with E-state index < -0.39 is 33.3 Å². The van der Waals surface area contributed by atoms with Crippen LogP contribution in [0.1, 0.15) is 27.6 Å². The van der Waals surface area contributed by atoms with E-state index in [4.69, 9.17) is 55.9 Å². The SMILES string of the molecule is CC(Sc1ccc(NC(=O)c2c(Cl)c(Cl)c(Cl)c(Cl)c2C(=O)O)cc1)C(=O)Nc1ccc2c(c1)OCCO2. The van der Waals surface area contributed by atoms with Gasteiger partial charge in [-0.05, 0) is 43.3 Å². The van der Waals surface area contributed by atoms with Gasteiger partial charge in [-0.2, -0.15) is 0 Å². The van der Waals surface area contributed by atoms with Crippen molar-refractivity contribution >= 4 is 87.3 Å². The number of halogens is 4. The highest BCUT2D eigenvalue weighted by atomic mass is 35.5. The molecule has 2 amide bonds. The van der Waals surface area contributed by atoms with E-state index in [1.807, 2.05) is 0 Å². The number of carbonyl (C=O) groups is 3. The number of nitrogens with one attached hydrogen (secondary N) is 2. The first-order valence-electron chi connectivity index (χ1n) is 10.9. The maximum Gasteiger partial charge on any atom is 0.338 e. The Morgan fingerprint density at radius 3 is 2.03 bits per heavy atom. The number of hydrogen-bond donors (Lipinski definition) is 3.